The van der Waals surface area contributed by atoms with Gasteiger partial charge in [0.05, 0.1) is 6.21 Å². The first kappa shape index (κ1) is 14.7. The zero-order chi connectivity index (χ0) is 14.4. The third-order valence-corrected chi connectivity index (χ3v) is 3.72. The highest BCUT2D eigenvalue weighted by Crippen LogP contribution is 2.21. The molecule has 1 heterocycles. The standard InChI is InChI=1S/C14H13BrN2O2S/c1-10-7-11(15)4-5-13(10)19-9-14(18)17-16-8-12-3-2-6-20-12/h2-8H,9H2,1H3,(H,17,18)/b16-8+. The molecule has 0 atom stereocenters. The average Bonchev–Trinajstić information content (AvgIpc) is 2.91. The minimum atomic E-state index is -0.292. The summed E-state index contributed by atoms with van der Waals surface area (Å²) >= 11 is 4.93. The van der Waals surface area contributed by atoms with Gasteiger partial charge in [0.15, 0.2) is 6.61 Å². The summed E-state index contributed by atoms with van der Waals surface area (Å²) in [6, 6.07) is 9.47. The molecule has 2 aromatic rings. The molecule has 0 radical (unpaired) electrons. The lowest BCUT2D eigenvalue weighted by Gasteiger charge is -2.08. The van der Waals surface area contributed by atoms with E-state index in [1.807, 2.05) is 42.6 Å². The van der Waals surface area contributed by atoms with Gasteiger partial charge >= 0.3 is 0 Å². The Bertz CT molecular complexity index is 612. The molecule has 0 bridgehead atoms. The van der Waals surface area contributed by atoms with Crippen molar-refractivity contribution in [2.75, 3.05) is 6.61 Å². The van der Waals surface area contributed by atoms with E-state index in [1.54, 1.807) is 17.6 Å². The molecule has 0 aliphatic rings. The molecule has 1 aromatic carbocycles. The maximum atomic E-state index is 11.6. The van der Waals surface area contributed by atoms with Crippen molar-refractivity contribution in [3.05, 3.63) is 50.6 Å². The van der Waals surface area contributed by atoms with Crippen molar-refractivity contribution in [3.8, 4) is 5.75 Å². The van der Waals surface area contributed by atoms with E-state index in [0.717, 1.165) is 14.9 Å². The number of aryl methyl sites for hydroxylation is 1. The van der Waals surface area contributed by atoms with Crippen molar-refractivity contribution in [2.45, 2.75) is 6.92 Å². The molecular weight excluding hydrogens is 340 g/mol. The summed E-state index contributed by atoms with van der Waals surface area (Å²) in [5, 5.41) is 5.81. The molecule has 0 aliphatic carbocycles. The number of halogens is 1. The monoisotopic (exact) mass is 352 g/mol. The Hall–Kier alpha value is -1.66. The highest BCUT2D eigenvalue weighted by Gasteiger charge is 2.04. The van der Waals surface area contributed by atoms with E-state index in [4.69, 9.17) is 4.74 Å². The number of hydrazone groups is 1. The number of hydrogen-bond acceptors (Lipinski definition) is 4. The molecule has 0 unspecified atom stereocenters. The van der Waals surface area contributed by atoms with Gasteiger partial charge in [-0.2, -0.15) is 5.10 Å². The summed E-state index contributed by atoms with van der Waals surface area (Å²) in [6.45, 7) is 1.86. The van der Waals surface area contributed by atoms with Gasteiger partial charge in [-0.05, 0) is 42.1 Å². The lowest BCUT2D eigenvalue weighted by atomic mass is 10.2. The minimum absolute atomic E-state index is 0.0652. The van der Waals surface area contributed by atoms with Gasteiger partial charge in [-0.1, -0.05) is 22.0 Å². The normalized spacial score (nSPS) is 10.7. The molecule has 2 rings (SSSR count). The summed E-state index contributed by atoms with van der Waals surface area (Å²) in [4.78, 5) is 12.5. The van der Waals surface area contributed by atoms with Crippen LogP contribution in [0.4, 0.5) is 0 Å². The first-order valence-electron chi connectivity index (χ1n) is 5.89. The maximum Gasteiger partial charge on any atom is 0.277 e. The Morgan fingerprint density at radius 2 is 2.35 bits per heavy atom. The van der Waals surface area contributed by atoms with Crippen molar-refractivity contribution in [1.82, 2.24) is 5.43 Å². The van der Waals surface area contributed by atoms with E-state index in [2.05, 4.69) is 26.5 Å². The van der Waals surface area contributed by atoms with Crippen LogP contribution in [0.2, 0.25) is 0 Å². The molecule has 104 valence electrons. The van der Waals surface area contributed by atoms with Gasteiger partial charge in [0.1, 0.15) is 5.75 Å². The number of benzene rings is 1. The third-order valence-electron chi connectivity index (χ3n) is 2.42. The number of nitrogens with one attached hydrogen (secondary N) is 1. The number of hydrogen-bond donors (Lipinski definition) is 1. The van der Waals surface area contributed by atoms with E-state index in [1.165, 1.54) is 0 Å². The lowest BCUT2D eigenvalue weighted by molar-refractivity contribution is -0.123. The van der Waals surface area contributed by atoms with Crippen LogP contribution in [0.3, 0.4) is 0 Å². The average molecular weight is 353 g/mol. The van der Waals surface area contributed by atoms with Crippen molar-refractivity contribution < 1.29 is 9.53 Å². The van der Waals surface area contributed by atoms with E-state index in [-0.39, 0.29) is 12.5 Å². The van der Waals surface area contributed by atoms with Crippen molar-refractivity contribution in [2.24, 2.45) is 5.10 Å². The van der Waals surface area contributed by atoms with Gasteiger partial charge < -0.3 is 4.74 Å². The summed E-state index contributed by atoms with van der Waals surface area (Å²) in [5.74, 6) is 0.394. The second kappa shape index (κ2) is 7.21. The van der Waals surface area contributed by atoms with Gasteiger partial charge in [-0.25, -0.2) is 5.43 Å². The lowest BCUT2D eigenvalue weighted by Crippen LogP contribution is -2.24. The fourth-order valence-corrected chi connectivity index (χ4v) is 2.54. The van der Waals surface area contributed by atoms with Crippen LogP contribution >= 0.6 is 27.3 Å². The van der Waals surface area contributed by atoms with Crippen molar-refractivity contribution >= 4 is 39.4 Å². The van der Waals surface area contributed by atoms with E-state index in [9.17, 15) is 4.79 Å². The molecule has 0 fully saturated rings. The summed E-state index contributed by atoms with van der Waals surface area (Å²) in [6.07, 6.45) is 1.60. The Labute approximate surface area is 129 Å². The Kier molecular flexibility index (Phi) is 5.31. The summed E-state index contributed by atoms with van der Waals surface area (Å²) in [7, 11) is 0. The van der Waals surface area contributed by atoms with E-state index >= 15 is 0 Å². The predicted octanol–water partition coefficient (Wildman–Crippen LogP) is 3.35. The van der Waals surface area contributed by atoms with Crippen LogP contribution in [-0.4, -0.2) is 18.7 Å². The third kappa shape index (κ3) is 4.47. The predicted molar refractivity (Wildman–Crippen MR) is 84.4 cm³/mol. The van der Waals surface area contributed by atoms with Crippen LogP contribution in [0.1, 0.15) is 10.4 Å². The number of rotatable bonds is 5. The van der Waals surface area contributed by atoms with Crippen molar-refractivity contribution in [3.63, 3.8) is 0 Å². The zero-order valence-electron chi connectivity index (χ0n) is 10.8. The smallest absolute Gasteiger partial charge is 0.277 e. The topological polar surface area (TPSA) is 50.7 Å². The fraction of sp³-hybridized carbons (Fsp3) is 0.143. The zero-order valence-corrected chi connectivity index (χ0v) is 13.2. The SMILES string of the molecule is Cc1cc(Br)ccc1OCC(=O)N/N=C/c1cccs1. The fourth-order valence-electron chi connectivity index (χ4n) is 1.48. The van der Waals surface area contributed by atoms with Crippen LogP contribution < -0.4 is 10.2 Å². The quantitative estimate of drug-likeness (QED) is 0.662. The number of ether oxygens (including phenoxy) is 1. The number of amides is 1. The number of nitrogens with zero attached hydrogens (tertiary/aromatic N) is 1. The van der Waals surface area contributed by atoms with Gasteiger partial charge in [0, 0.05) is 9.35 Å². The molecular formula is C14H13BrN2O2S. The largest absolute Gasteiger partial charge is 0.483 e. The van der Waals surface area contributed by atoms with Crippen molar-refractivity contribution in [1.29, 1.82) is 0 Å². The highest BCUT2D eigenvalue weighted by molar-refractivity contribution is 9.10. The summed E-state index contributed by atoms with van der Waals surface area (Å²) in [5.41, 5.74) is 3.39. The second-order valence-corrected chi connectivity index (χ2v) is 5.90. The second-order valence-electron chi connectivity index (χ2n) is 4.01. The first-order chi connectivity index (χ1) is 9.65. The molecule has 4 nitrogen and oxygen atoms in total. The molecule has 0 spiro atoms. The molecule has 1 N–H and O–H groups in total. The molecule has 6 heteroatoms. The minimum Gasteiger partial charge on any atom is -0.483 e. The van der Waals surface area contributed by atoms with Gasteiger partial charge in [0.25, 0.3) is 5.91 Å². The number of thiophene rings is 1. The number of carbonyl (C=O) groups is 1. The van der Waals surface area contributed by atoms with Gasteiger partial charge in [-0.3, -0.25) is 4.79 Å². The van der Waals surface area contributed by atoms with E-state index < -0.39 is 0 Å². The Morgan fingerprint density at radius 3 is 3.05 bits per heavy atom. The first-order valence-corrected chi connectivity index (χ1v) is 7.57. The van der Waals surface area contributed by atoms with E-state index in [0.29, 0.717) is 5.75 Å². The Morgan fingerprint density at radius 1 is 1.50 bits per heavy atom. The molecule has 1 amide bonds. The van der Waals surface area contributed by atoms with Crippen LogP contribution in [0.25, 0.3) is 0 Å². The van der Waals surface area contributed by atoms with Crippen LogP contribution in [0, 0.1) is 6.92 Å². The van der Waals surface area contributed by atoms with Crippen LogP contribution in [0.15, 0.2) is 45.3 Å². The highest BCUT2D eigenvalue weighted by atomic mass is 79.9. The van der Waals surface area contributed by atoms with Crippen LogP contribution in [0.5, 0.6) is 5.75 Å². The summed E-state index contributed by atoms with van der Waals surface area (Å²) < 4.78 is 6.42. The number of carbonyl (C=O) groups excluding carboxylic acids is 1. The maximum absolute atomic E-state index is 11.6. The molecule has 0 saturated heterocycles. The Balaban J connectivity index is 1.80. The van der Waals surface area contributed by atoms with Gasteiger partial charge in [0.2, 0.25) is 0 Å². The molecule has 1 aromatic heterocycles. The molecule has 0 aliphatic heterocycles. The van der Waals surface area contributed by atoms with Gasteiger partial charge in [-0.15, -0.1) is 11.3 Å². The van der Waals surface area contributed by atoms with Crippen LogP contribution in [-0.2, 0) is 4.79 Å². The molecule has 20 heavy (non-hydrogen) atoms. The molecule has 0 saturated carbocycles.